The van der Waals surface area contributed by atoms with Crippen molar-refractivity contribution in [1.29, 1.82) is 0 Å². The van der Waals surface area contributed by atoms with Gasteiger partial charge in [-0.3, -0.25) is 5.43 Å². The molecule has 0 aliphatic carbocycles. The average molecular weight is 293 g/mol. The Morgan fingerprint density at radius 3 is 3.14 bits per heavy atom. The molecule has 3 N–H and O–H groups in total. The van der Waals surface area contributed by atoms with E-state index in [1.165, 1.54) is 5.56 Å². The van der Waals surface area contributed by atoms with Crippen LogP contribution in [0.4, 0.5) is 0 Å². The molecule has 0 saturated carbocycles. The van der Waals surface area contributed by atoms with Crippen LogP contribution in [0.3, 0.4) is 0 Å². The van der Waals surface area contributed by atoms with Crippen LogP contribution in [0.15, 0.2) is 18.2 Å². The molecule has 0 amide bonds. The molecule has 116 valence electrons. The van der Waals surface area contributed by atoms with Crippen LogP contribution in [0.25, 0.3) is 0 Å². The summed E-state index contributed by atoms with van der Waals surface area (Å²) in [4.78, 5) is 0. The fraction of sp³-hybridized carbons (Fsp3) is 0.600. The maximum absolute atomic E-state index is 5.46. The molecule has 2 aliphatic heterocycles. The number of hydrogen-bond donors (Lipinski definition) is 3. The van der Waals surface area contributed by atoms with Crippen LogP contribution in [0.2, 0.25) is 0 Å². The highest BCUT2D eigenvalue weighted by molar-refractivity contribution is 5.45. The third-order valence-electron chi connectivity index (χ3n) is 3.88. The molecule has 6 heteroatoms. The largest absolute Gasteiger partial charge is 0.454 e. The molecule has 1 saturated heterocycles. The Morgan fingerprint density at radius 2 is 2.24 bits per heavy atom. The topological polar surface area (TPSA) is 63.8 Å². The highest BCUT2D eigenvalue weighted by atomic mass is 16.7. The van der Waals surface area contributed by atoms with E-state index in [1.807, 2.05) is 13.0 Å². The third-order valence-corrected chi connectivity index (χ3v) is 3.88. The maximum Gasteiger partial charge on any atom is 0.231 e. The first-order valence-electron chi connectivity index (χ1n) is 7.55. The van der Waals surface area contributed by atoms with E-state index < -0.39 is 0 Å². The predicted octanol–water partition coefficient (Wildman–Crippen LogP) is 0.807. The van der Waals surface area contributed by atoms with E-state index >= 15 is 0 Å². The van der Waals surface area contributed by atoms with Gasteiger partial charge in [0.05, 0.1) is 12.6 Å². The third kappa shape index (κ3) is 3.47. The van der Waals surface area contributed by atoms with E-state index in [0.29, 0.717) is 12.7 Å². The summed E-state index contributed by atoms with van der Waals surface area (Å²) in [5.41, 5.74) is 7.82. The Hall–Kier alpha value is -1.34. The molecule has 0 radical (unpaired) electrons. The van der Waals surface area contributed by atoms with Crippen molar-refractivity contribution in [2.24, 2.45) is 5.92 Å². The van der Waals surface area contributed by atoms with Crippen molar-refractivity contribution in [3.05, 3.63) is 23.8 Å². The molecule has 0 bridgehead atoms. The number of benzene rings is 1. The summed E-state index contributed by atoms with van der Waals surface area (Å²) >= 11 is 0. The van der Waals surface area contributed by atoms with E-state index in [4.69, 9.17) is 14.2 Å². The molecule has 3 rings (SSSR count). The number of ether oxygens (including phenoxy) is 3. The molecule has 1 aromatic carbocycles. The van der Waals surface area contributed by atoms with Gasteiger partial charge in [0.25, 0.3) is 0 Å². The molecule has 0 aromatic heterocycles. The number of hydrazine groups is 1. The van der Waals surface area contributed by atoms with Gasteiger partial charge in [0.1, 0.15) is 0 Å². The van der Waals surface area contributed by atoms with Gasteiger partial charge < -0.3 is 19.5 Å². The van der Waals surface area contributed by atoms with Crippen LogP contribution in [-0.2, 0) is 4.74 Å². The fourth-order valence-electron chi connectivity index (χ4n) is 2.76. The second kappa shape index (κ2) is 7.09. The Balaban J connectivity index is 1.56. The normalized spacial score (nSPS) is 23.7. The van der Waals surface area contributed by atoms with Gasteiger partial charge in [-0.05, 0) is 24.6 Å². The summed E-state index contributed by atoms with van der Waals surface area (Å²) in [6.45, 7) is 6.65. The van der Waals surface area contributed by atoms with Crippen LogP contribution in [0, 0.1) is 5.92 Å². The van der Waals surface area contributed by atoms with Gasteiger partial charge in [-0.2, -0.15) is 0 Å². The molecular formula is C15H23N3O3. The first kappa shape index (κ1) is 14.6. The molecule has 2 heterocycles. The minimum atomic E-state index is 0.277. The van der Waals surface area contributed by atoms with E-state index in [1.54, 1.807) is 0 Å². The fourth-order valence-corrected chi connectivity index (χ4v) is 2.76. The summed E-state index contributed by atoms with van der Waals surface area (Å²) in [7, 11) is 0. The number of hydrogen-bond acceptors (Lipinski definition) is 6. The van der Waals surface area contributed by atoms with Crippen molar-refractivity contribution in [3.8, 4) is 11.5 Å². The number of rotatable bonds is 7. The van der Waals surface area contributed by atoms with Crippen LogP contribution in [-0.4, -0.2) is 39.6 Å². The Morgan fingerprint density at radius 1 is 1.33 bits per heavy atom. The van der Waals surface area contributed by atoms with Gasteiger partial charge in [0.15, 0.2) is 11.5 Å². The summed E-state index contributed by atoms with van der Waals surface area (Å²) in [6, 6.07) is 6.43. The first-order chi connectivity index (χ1) is 10.4. The van der Waals surface area contributed by atoms with Gasteiger partial charge in [0.2, 0.25) is 6.79 Å². The minimum absolute atomic E-state index is 0.277. The average Bonchev–Trinajstić information content (AvgIpc) is 3.15. The Bertz CT molecular complexity index is 469. The lowest BCUT2D eigenvalue weighted by molar-refractivity contribution is 0.148. The van der Waals surface area contributed by atoms with Gasteiger partial charge >= 0.3 is 0 Å². The predicted molar refractivity (Wildman–Crippen MR) is 79.3 cm³/mol. The minimum Gasteiger partial charge on any atom is -0.454 e. The molecule has 1 fully saturated rings. The zero-order valence-corrected chi connectivity index (χ0v) is 12.4. The molecule has 1 aromatic rings. The standard InChI is InChI=1S/C15H23N3O3/c1-2-19-6-5-16-8-12-9-17-18-15(12)11-3-4-13-14(7-11)21-10-20-13/h3-4,7,12,15-18H,2,5-6,8-10H2,1H3. The summed E-state index contributed by atoms with van der Waals surface area (Å²) < 4.78 is 16.2. The van der Waals surface area contributed by atoms with E-state index in [9.17, 15) is 0 Å². The number of nitrogens with one attached hydrogen (secondary N) is 3. The molecular weight excluding hydrogens is 270 g/mol. The van der Waals surface area contributed by atoms with Gasteiger partial charge in [0, 0.05) is 32.2 Å². The number of fused-ring (bicyclic) bond motifs is 1. The second-order valence-corrected chi connectivity index (χ2v) is 5.28. The summed E-state index contributed by atoms with van der Waals surface area (Å²) in [5, 5.41) is 3.45. The van der Waals surface area contributed by atoms with E-state index in [0.717, 1.165) is 44.3 Å². The van der Waals surface area contributed by atoms with Crippen molar-refractivity contribution in [3.63, 3.8) is 0 Å². The first-order valence-corrected chi connectivity index (χ1v) is 7.55. The molecule has 2 atom stereocenters. The van der Waals surface area contributed by atoms with Crippen molar-refractivity contribution in [2.45, 2.75) is 13.0 Å². The summed E-state index contributed by atoms with van der Waals surface area (Å²) in [5.74, 6) is 2.16. The quantitative estimate of drug-likeness (QED) is 0.647. The van der Waals surface area contributed by atoms with Gasteiger partial charge in [-0.25, -0.2) is 5.43 Å². The van der Waals surface area contributed by atoms with Crippen molar-refractivity contribution >= 4 is 0 Å². The van der Waals surface area contributed by atoms with E-state index in [2.05, 4.69) is 28.3 Å². The van der Waals surface area contributed by atoms with Gasteiger partial charge in [-0.15, -0.1) is 0 Å². The molecule has 21 heavy (non-hydrogen) atoms. The Kier molecular flexibility index (Phi) is 4.92. The summed E-state index contributed by atoms with van der Waals surface area (Å²) in [6.07, 6.45) is 0. The highest BCUT2D eigenvalue weighted by Crippen LogP contribution is 2.36. The second-order valence-electron chi connectivity index (χ2n) is 5.28. The lowest BCUT2D eigenvalue weighted by Gasteiger charge is -2.19. The highest BCUT2D eigenvalue weighted by Gasteiger charge is 2.29. The molecule has 2 aliphatic rings. The van der Waals surface area contributed by atoms with Crippen molar-refractivity contribution in [1.82, 2.24) is 16.2 Å². The van der Waals surface area contributed by atoms with Crippen LogP contribution < -0.4 is 25.6 Å². The smallest absolute Gasteiger partial charge is 0.231 e. The monoisotopic (exact) mass is 293 g/mol. The SMILES string of the molecule is CCOCCNCC1CNNC1c1ccc2c(c1)OCO2. The molecule has 6 nitrogen and oxygen atoms in total. The lowest BCUT2D eigenvalue weighted by Crippen LogP contribution is -2.30. The van der Waals surface area contributed by atoms with E-state index in [-0.39, 0.29) is 6.04 Å². The van der Waals surface area contributed by atoms with Crippen LogP contribution in [0.5, 0.6) is 11.5 Å². The van der Waals surface area contributed by atoms with Crippen molar-refractivity contribution in [2.75, 3.05) is 39.6 Å². The maximum atomic E-state index is 5.46. The zero-order valence-electron chi connectivity index (χ0n) is 12.4. The lowest BCUT2D eigenvalue weighted by atomic mass is 9.94. The molecule has 2 unspecified atom stereocenters. The zero-order chi connectivity index (χ0) is 14.5. The van der Waals surface area contributed by atoms with Crippen molar-refractivity contribution < 1.29 is 14.2 Å². The Labute approximate surface area is 125 Å². The molecule has 0 spiro atoms. The van der Waals surface area contributed by atoms with Crippen LogP contribution >= 0.6 is 0 Å². The van der Waals surface area contributed by atoms with Gasteiger partial charge in [-0.1, -0.05) is 6.07 Å². The van der Waals surface area contributed by atoms with Crippen LogP contribution in [0.1, 0.15) is 18.5 Å².